The van der Waals surface area contributed by atoms with Crippen molar-refractivity contribution in [1.82, 2.24) is 5.32 Å². The van der Waals surface area contributed by atoms with Crippen molar-refractivity contribution in [2.24, 2.45) is 11.1 Å². The second-order valence-corrected chi connectivity index (χ2v) is 14.7. The molecule has 0 fully saturated rings. The number of hydrogen-bond acceptors (Lipinski definition) is 2. The minimum Gasteiger partial charge on any atom is -0.325 e. The maximum atomic E-state index is 6.31. The van der Waals surface area contributed by atoms with Gasteiger partial charge in [-0.25, -0.2) is 0 Å². The lowest BCUT2D eigenvalue weighted by Crippen LogP contribution is -2.47. The molecule has 3 N–H and O–H groups in total. The van der Waals surface area contributed by atoms with Gasteiger partial charge < -0.3 is 11.1 Å². The molecule has 0 heterocycles. The van der Waals surface area contributed by atoms with Gasteiger partial charge >= 0.3 is 0 Å². The van der Waals surface area contributed by atoms with E-state index in [0.717, 1.165) is 0 Å². The molecule has 0 atom stereocenters. The van der Waals surface area contributed by atoms with E-state index < -0.39 is 0 Å². The van der Waals surface area contributed by atoms with Gasteiger partial charge in [0.15, 0.2) is 0 Å². The van der Waals surface area contributed by atoms with E-state index in [0.29, 0.717) is 0 Å². The third kappa shape index (κ3) is 31.4. The lowest BCUT2D eigenvalue weighted by Gasteiger charge is -2.38. The molecule has 0 aromatic carbocycles. The fraction of sp³-hybridized carbons (Fsp3) is 1.00. The lowest BCUT2D eigenvalue weighted by molar-refractivity contribution is 0.180. The first-order chi connectivity index (χ1) is 19.3. The van der Waals surface area contributed by atoms with Crippen molar-refractivity contribution in [3.63, 3.8) is 0 Å². The molecule has 0 amide bonds. The summed E-state index contributed by atoms with van der Waals surface area (Å²) in [6.45, 7) is 13.6. The smallest absolute Gasteiger partial charge is 0.0148 e. The van der Waals surface area contributed by atoms with Crippen LogP contribution < -0.4 is 11.1 Å². The monoisotopic (exact) mass is 601 g/mol. The van der Waals surface area contributed by atoms with Gasteiger partial charge in [0.1, 0.15) is 0 Å². The molecule has 0 aliphatic rings. The van der Waals surface area contributed by atoms with Gasteiger partial charge in [-0.3, -0.25) is 0 Å². The van der Waals surface area contributed by atoms with Crippen LogP contribution in [0.2, 0.25) is 0 Å². The largest absolute Gasteiger partial charge is 0.325 e. The summed E-state index contributed by atoms with van der Waals surface area (Å²) >= 11 is 0. The Morgan fingerprint density at radius 3 is 0.902 bits per heavy atom. The number of rotatable bonds is 33. The van der Waals surface area contributed by atoms with Gasteiger partial charge in [-0.15, -0.1) is 12.4 Å². The molecule has 3 heteroatoms. The summed E-state index contributed by atoms with van der Waals surface area (Å²) in [5.41, 5.74) is 6.44. The highest BCUT2D eigenvalue weighted by Crippen LogP contribution is 2.33. The van der Waals surface area contributed by atoms with Gasteiger partial charge in [-0.2, -0.15) is 0 Å². The highest BCUT2D eigenvalue weighted by molar-refractivity contribution is 5.85. The Morgan fingerprint density at radius 1 is 0.390 bits per heavy atom. The molecule has 0 spiro atoms. The summed E-state index contributed by atoms with van der Waals surface area (Å²) in [6.07, 6.45) is 41.8. The van der Waals surface area contributed by atoms with E-state index >= 15 is 0 Å². The van der Waals surface area contributed by atoms with E-state index in [1.54, 1.807) is 0 Å². The number of nitrogens with two attached hydrogens (primary N) is 1. The average molecular weight is 602 g/mol. The minimum absolute atomic E-state index is 0. The van der Waals surface area contributed by atoms with Gasteiger partial charge in [-0.05, 0) is 51.6 Å². The van der Waals surface area contributed by atoms with Crippen LogP contribution in [0.4, 0.5) is 0 Å². The minimum atomic E-state index is -0.0917. The fourth-order valence-corrected chi connectivity index (χ4v) is 5.83. The van der Waals surface area contributed by atoms with Crippen LogP contribution in [0, 0.1) is 5.41 Å². The molecule has 0 aliphatic carbocycles. The summed E-state index contributed by atoms with van der Waals surface area (Å²) in [5, 5.41) is 3.65. The summed E-state index contributed by atoms with van der Waals surface area (Å²) in [4.78, 5) is 0. The summed E-state index contributed by atoms with van der Waals surface area (Å²) < 4.78 is 0. The van der Waals surface area contributed by atoms with Crippen LogP contribution >= 0.6 is 12.4 Å². The van der Waals surface area contributed by atoms with E-state index in [2.05, 4.69) is 39.9 Å². The molecule has 0 aromatic heterocycles. The van der Waals surface area contributed by atoms with Crippen LogP contribution in [-0.2, 0) is 0 Å². The number of unbranched alkanes of at least 4 members (excludes halogenated alkanes) is 26. The van der Waals surface area contributed by atoms with E-state index in [1.807, 2.05) is 0 Å². The van der Waals surface area contributed by atoms with Gasteiger partial charge in [0.2, 0.25) is 0 Å². The Balaban J connectivity index is 0. The van der Waals surface area contributed by atoms with Crippen LogP contribution in [0.3, 0.4) is 0 Å². The maximum Gasteiger partial charge on any atom is 0.0148 e. The maximum absolute atomic E-state index is 6.31. The lowest BCUT2D eigenvalue weighted by atomic mass is 9.72. The van der Waals surface area contributed by atoms with Crippen molar-refractivity contribution in [2.45, 2.75) is 226 Å². The molecule has 2 nitrogen and oxygen atoms in total. The average Bonchev–Trinajstić information content (AvgIpc) is 2.91. The fourth-order valence-electron chi connectivity index (χ4n) is 5.83. The standard InChI is InChI=1S/C38H80N2.ClH/c1-6-7-8-9-10-11-12-13-14-15-16-17-18-19-20-21-22-23-24-25-26-27-28-29-30-32-35-40-36-33-31-34-37(2,3)38(4,5)39;/h40H,6-36,39H2,1-5H3;1H. The molecule has 0 aliphatic heterocycles. The Hall–Kier alpha value is 0.210. The first-order valence-corrected chi connectivity index (χ1v) is 18.8. The third-order valence-electron chi connectivity index (χ3n) is 9.86. The molecular weight excluding hydrogens is 520 g/mol. The predicted molar refractivity (Wildman–Crippen MR) is 192 cm³/mol. The molecule has 0 unspecified atom stereocenters. The van der Waals surface area contributed by atoms with Crippen molar-refractivity contribution in [3.8, 4) is 0 Å². The Labute approximate surface area is 267 Å². The van der Waals surface area contributed by atoms with Crippen LogP contribution in [-0.4, -0.2) is 18.6 Å². The molecule has 41 heavy (non-hydrogen) atoms. The normalized spacial score (nSPS) is 12.1. The quantitative estimate of drug-likeness (QED) is 0.0735. The molecule has 0 saturated heterocycles. The first kappa shape index (κ1) is 43.3. The second-order valence-electron chi connectivity index (χ2n) is 14.7. The molecular formula is C38H81ClN2. The number of nitrogens with one attached hydrogen (secondary N) is 1. The topological polar surface area (TPSA) is 38.0 Å². The van der Waals surface area contributed by atoms with Crippen molar-refractivity contribution in [1.29, 1.82) is 0 Å². The number of hydrogen-bond donors (Lipinski definition) is 2. The number of halogens is 1. The van der Waals surface area contributed by atoms with Gasteiger partial charge in [0.25, 0.3) is 0 Å². The van der Waals surface area contributed by atoms with Crippen molar-refractivity contribution in [2.75, 3.05) is 13.1 Å². The summed E-state index contributed by atoms with van der Waals surface area (Å²) in [6, 6.07) is 0. The van der Waals surface area contributed by atoms with Crippen LogP contribution in [0.1, 0.15) is 221 Å². The second kappa shape index (κ2) is 31.6. The van der Waals surface area contributed by atoms with Gasteiger partial charge in [0.05, 0.1) is 0 Å². The Kier molecular flexibility index (Phi) is 33.4. The first-order valence-electron chi connectivity index (χ1n) is 18.8. The highest BCUT2D eigenvalue weighted by atomic mass is 35.5. The molecule has 0 rings (SSSR count). The van der Waals surface area contributed by atoms with E-state index in [-0.39, 0.29) is 23.4 Å². The Morgan fingerprint density at radius 2 is 0.634 bits per heavy atom. The third-order valence-corrected chi connectivity index (χ3v) is 9.86. The van der Waals surface area contributed by atoms with Gasteiger partial charge in [0, 0.05) is 5.54 Å². The van der Waals surface area contributed by atoms with Crippen LogP contribution in [0.5, 0.6) is 0 Å². The van der Waals surface area contributed by atoms with Crippen LogP contribution in [0.25, 0.3) is 0 Å². The highest BCUT2D eigenvalue weighted by Gasteiger charge is 2.32. The SMILES string of the molecule is CCCCCCCCCCCCCCCCCCCCCCCCCCCCNCCCCC(C)(C)C(C)(C)N.Cl. The van der Waals surface area contributed by atoms with Crippen molar-refractivity contribution >= 4 is 12.4 Å². The predicted octanol–water partition coefficient (Wildman–Crippen LogP) is 13.1. The van der Waals surface area contributed by atoms with E-state index in [1.165, 1.54) is 199 Å². The molecule has 0 radical (unpaired) electrons. The summed E-state index contributed by atoms with van der Waals surface area (Å²) in [7, 11) is 0. The molecule has 0 bridgehead atoms. The molecule has 0 aromatic rings. The zero-order chi connectivity index (χ0) is 29.6. The van der Waals surface area contributed by atoms with Crippen molar-refractivity contribution in [3.05, 3.63) is 0 Å². The molecule has 250 valence electrons. The van der Waals surface area contributed by atoms with Crippen molar-refractivity contribution < 1.29 is 0 Å². The Bertz CT molecular complexity index is 485. The van der Waals surface area contributed by atoms with E-state index in [4.69, 9.17) is 5.73 Å². The zero-order valence-corrected chi connectivity index (χ0v) is 30.2. The van der Waals surface area contributed by atoms with Gasteiger partial charge in [-0.1, -0.05) is 188 Å². The zero-order valence-electron chi connectivity index (χ0n) is 29.4. The van der Waals surface area contributed by atoms with Crippen LogP contribution in [0.15, 0.2) is 0 Å². The van der Waals surface area contributed by atoms with E-state index in [9.17, 15) is 0 Å². The summed E-state index contributed by atoms with van der Waals surface area (Å²) in [5.74, 6) is 0. The molecule has 0 saturated carbocycles.